The number of anilines is 1. The molecular formula is C23H27N3O4. The highest BCUT2D eigenvalue weighted by atomic mass is 16.5. The second kappa shape index (κ2) is 10.4. The number of hydrogen-bond donors (Lipinski definition) is 1. The molecule has 0 saturated carbocycles. The van der Waals surface area contributed by atoms with Crippen molar-refractivity contribution in [3.8, 4) is 5.75 Å². The predicted octanol–water partition coefficient (Wildman–Crippen LogP) is 3.38. The van der Waals surface area contributed by atoms with E-state index < -0.39 is 0 Å². The van der Waals surface area contributed by atoms with Crippen LogP contribution in [0.2, 0.25) is 0 Å². The van der Waals surface area contributed by atoms with Crippen LogP contribution in [0.5, 0.6) is 5.75 Å². The van der Waals surface area contributed by atoms with Gasteiger partial charge in [-0.25, -0.2) is 9.78 Å². The van der Waals surface area contributed by atoms with Gasteiger partial charge in [0.2, 0.25) is 0 Å². The molecule has 3 rings (SSSR count). The van der Waals surface area contributed by atoms with Crippen molar-refractivity contribution in [1.82, 2.24) is 9.88 Å². The van der Waals surface area contributed by atoms with Crippen molar-refractivity contribution in [3.63, 3.8) is 0 Å². The lowest BCUT2D eigenvalue weighted by atomic mass is 10.0. The van der Waals surface area contributed by atoms with Gasteiger partial charge in [-0.05, 0) is 67.8 Å². The van der Waals surface area contributed by atoms with Crippen molar-refractivity contribution in [3.05, 3.63) is 59.8 Å². The number of piperidine rings is 1. The average Bonchev–Trinajstić information content (AvgIpc) is 2.79. The molecule has 0 aliphatic carbocycles. The third-order valence-electron chi connectivity index (χ3n) is 4.96. The van der Waals surface area contributed by atoms with Gasteiger partial charge in [-0.15, -0.1) is 0 Å². The zero-order valence-electron chi connectivity index (χ0n) is 17.3. The van der Waals surface area contributed by atoms with Crippen LogP contribution in [0.4, 0.5) is 5.82 Å². The first-order valence-electron chi connectivity index (χ1n) is 10.1. The average molecular weight is 409 g/mol. The van der Waals surface area contributed by atoms with E-state index in [1.165, 1.54) is 6.08 Å². The van der Waals surface area contributed by atoms with Crippen LogP contribution >= 0.6 is 0 Å². The minimum Gasteiger partial charge on any atom is -0.497 e. The molecule has 30 heavy (non-hydrogen) atoms. The molecule has 2 aromatic rings. The number of esters is 1. The van der Waals surface area contributed by atoms with Gasteiger partial charge in [0.05, 0.1) is 13.7 Å². The first kappa shape index (κ1) is 21.4. The molecule has 1 aliphatic heterocycles. The second-order valence-corrected chi connectivity index (χ2v) is 7.00. The van der Waals surface area contributed by atoms with Crippen LogP contribution in [0.3, 0.4) is 0 Å². The molecule has 158 valence electrons. The smallest absolute Gasteiger partial charge is 0.330 e. The number of nitrogens with zero attached hydrogens (tertiary/aromatic N) is 2. The third kappa shape index (κ3) is 5.83. The molecule has 1 aromatic carbocycles. The number of amides is 1. The quantitative estimate of drug-likeness (QED) is 0.558. The summed E-state index contributed by atoms with van der Waals surface area (Å²) in [5, 5.41) is 3.43. The lowest BCUT2D eigenvalue weighted by Crippen LogP contribution is -2.42. The number of pyridine rings is 1. The van der Waals surface area contributed by atoms with Crippen molar-refractivity contribution in [1.29, 1.82) is 0 Å². The highest BCUT2D eigenvalue weighted by molar-refractivity contribution is 5.94. The van der Waals surface area contributed by atoms with Crippen molar-refractivity contribution in [2.45, 2.75) is 25.8 Å². The monoisotopic (exact) mass is 409 g/mol. The van der Waals surface area contributed by atoms with Crippen LogP contribution in [-0.2, 0) is 9.53 Å². The van der Waals surface area contributed by atoms with E-state index in [9.17, 15) is 9.59 Å². The number of rotatable bonds is 7. The third-order valence-corrected chi connectivity index (χ3v) is 4.96. The Bertz CT molecular complexity index is 870. The SMILES string of the molecule is CCOC(=O)C=Cc1ccc(NC2CCN(C(=O)c3ccc(OC)cc3)CC2)nc1. The van der Waals surface area contributed by atoms with Gasteiger partial charge in [0.1, 0.15) is 11.6 Å². The summed E-state index contributed by atoms with van der Waals surface area (Å²) in [6.45, 7) is 3.52. The molecule has 1 N–H and O–H groups in total. The molecule has 1 aliphatic rings. The fourth-order valence-electron chi connectivity index (χ4n) is 3.30. The van der Waals surface area contributed by atoms with Crippen LogP contribution in [0.1, 0.15) is 35.7 Å². The Kier molecular flexibility index (Phi) is 7.43. The van der Waals surface area contributed by atoms with Crippen molar-refractivity contribution in [2.24, 2.45) is 0 Å². The molecule has 7 nitrogen and oxygen atoms in total. The molecule has 1 fully saturated rings. The number of ether oxygens (including phenoxy) is 2. The molecule has 1 aromatic heterocycles. The number of carbonyl (C=O) groups excluding carboxylic acids is 2. The predicted molar refractivity (Wildman–Crippen MR) is 115 cm³/mol. The first-order valence-corrected chi connectivity index (χ1v) is 10.1. The normalized spacial score (nSPS) is 14.5. The Labute approximate surface area is 176 Å². The van der Waals surface area contributed by atoms with Crippen molar-refractivity contribution in [2.75, 3.05) is 32.1 Å². The van der Waals surface area contributed by atoms with Crippen LogP contribution in [0.15, 0.2) is 48.7 Å². The van der Waals surface area contributed by atoms with Crippen LogP contribution in [0.25, 0.3) is 6.08 Å². The van der Waals surface area contributed by atoms with E-state index in [1.54, 1.807) is 50.6 Å². The van der Waals surface area contributed by atoms with Gasteiger partial charge in [-0.3, -0.25) is 4.79 Å². The van der Waals surface area contributed by atoms with Crippen LogP contribution < -0.4 is 10.1 Å². The molecule has 7 heteroatoms. The molecule has 2 heterocycles. The summed E-state index contributed by atoms with van der Waals surface area (Å²) >= 11 is 0. The van der Waals surface area contributed by atoms with E-state index in [4.69, 9.17) is 9.47 Å². The highest BCUT2D eigenvalue weighted by Crippen LogP contribution is 2.19. The summed E-state index contributed by atoms with van der Waals surface area (Å²) in [6.07, 6.45) is 6.49. The Morgan fingerprint density at radius 2 is 1.90 bits per heavy atom. The number of hydrogen-bond acceptors (Lipinski definition) is 6. The van der Waals surface area contributed by atoms with Gasteiger partial charge in [0, 0.05) is 37.0 Å². The van der Waals surface area contributed by atoms with Gasteiger partial charge >= 0.3 is 5.97 Å². The number of nitrogens with one attached hydrogen (secondary N) is 1. The maximum absolute atomic E-state index is 12.7. The van der Waals surface area contributed by atoms with Gasteiger partial charge in [0.25, 0.3) is 5.91 Å². The molecular weight excluding hydrogens is 382 g/mol. The van der Waals surface area contributed by atoms with Gasteiger partial charge in [0.15, 0.2) is 0 Å². The molecule has 1 saturated heterocycles. The van der Waals surface area contributed by atoms with Gasteiger partial charge in [-0.2, -0.15) is 0 Å². The number of carbonyl (C=O) groups is 2. The summed E-state index contributed by atoms with van der Waals surface area (Å²) in [4.78, 5) is 30.3. The summed E-state index contributed by atoms with van der Waals surface area (Å²) in [7, 11) is 1.61. The fourth-order valence-corrected chi connectivity index (χ4v) is 3.30. The van der Waals surface area contributed by atoms with Gasteiger partial charge < -0.3 is 19.7 Å². The number of benzene rings is 1. The standard InChI is InChI=1S/C23H27N3O4/c1-3-30-22(27)11-5-17-4-10-21(24-16-17)25-19-12-14-26(15-13-19)23(28)18-6-8-20(29-2)9-7-18/h4-11,16,19H,3,12-15H2,1-2H3,(H,24,25). The lowest BCUT2D eigenvalue weighted by Gasteiger charge is -2.32. The number of methoxy groups -OCH3 is 1. The zero-order chi connectivity index (χ0) is 21.3. The number of aromatic nitrogens is 1. The minimum absolute atomic E-state index is 0.0481. The topological polar surface area (TPSA) is 80.8 Å². The van der Waals surface area contributed by atoms with Gasteiger partial charge in [-0.1, -0.05) is 0 Å². The Hall–Kier alpha value is -3.35. The van der Waals surface area contributed by atoms with E-state index in [-0.39, 0.29) is 17.9 Å². The van der Waals surface area contributed by atoms with E-state index in [1.807, 2.05) is 17.0 Å². The largest absolute Gasteiger partial charge is 0.497 e. The fraction of sp³-hybridized carbons (Fsp3) is 0.348. The zero-order valence-corrected chi connectivity index (χ0v) is 17.3. The molecule has 0 bridgehead atoms. The Morgan fingerprint density at radius 3 is 2.50 bits per heavy atom. The second-order valence-electron chi connectivity index (χ2n) is 7.00. The molecule has 0 unspecified atom stereocenters. The van der Waals surface area contributed by atoms with Crippen molar-refractivity contribution < 1.29 is 19.1 Å². The summed E-state index contributed by atoms with van der Waals surface area (Å²) in [5.41, 5.74) is 1.50. The van der Waals surface area contributed by atoms with Crippen molar-refractivity contribution >= 4 is 23.8 Å². The summed E-state index contributed by atoms with van der Waals surface area (Å²) in [5.74, 6) is 1.20. The van der Waals surface area contributed by atoms with E-state index >= 15 is 0 Å². The summed E-state index contributed by atoms with van der Waals surface area (Å²) < 4.78 is 10.0. The van der Waals surface area contributed by atoms with E-state index in [2.05, 4.69) is 10.3 Å². The molecule has 0 radical (unpaired) electrons. The minimum atomic E-state index is -0.365. The Morgan fingerprint density at radius 1 is 1.17 bits per heavy atom. The van der Waals surface area contributed by atoms with Crippen LogP contribution in [-0.4, -0.2) is 54.6 Å². The van der Waals surface area contributed by atoms with E-state index in [0.29, 0.717) is 25.3 Å². The molecule has 1 amide bonds. The summed E-state index contributed by atoms with van der Waals surface area (Å²) in [6, 6.07) is 11.3. The maximum atomic E-state index is 12.7. The molecule has 0 atom stereocenters. The van der Waals surface area contributed by atoms with Crippen LogP contribution in [0, 0.1) is 0 Å². The Balaban J connectivity index is 1.48. The lowest BCUT2D eigenvalue weighted by molar-refractivity contribution is -0.137. The maximum Gasteiger partial charge on any atom is 0.330 e. The molecule has 0 spiro atoms. The van der Waals surface area contributed by atoms with E-state index in [0.717, 1.165) is 30.0 Å². The number of likely N-dealkylation sites (tertiary alicyclic amines) is 1. The highest BCUT2D eigenvalue weighted by Gasteiger charge is 2.23. The first-order chi connectivity index (χ1) is 14.6.